The number of alkyl halides is 6. The summed E-state index contributed by atoms with van der Waals surface area (Å²) < 4.78 is 80.0. The third kappa shape index (κ3) is 5.12. The molecule has 0 rings (SSSR count). The number of nitrogens with zero attached hydrogens (tertiary/aromatic N) is 1. The minimum absolute atomic E-state index is 0.0387. The van der Waals surface area contributed by atoms with Gasteiger partial charge in [0.15, 0.2) is 0 Å². The zero-order valence-corrected chi connectivity index (χ0v) is 12.8. The summed E-state index contributed by atoms with van der Waals surface area (Å²) in [6, 6.07) is 0. The molecule has 1 unspecified atom stereocenters. The first-order valence-electron chi connectivity index (χ1n) is 5.22. The third-order valence-electron chi connectivity index (χ3n) is 2.57. The Morgan fingerprint density at radius 1 is 1.00 bits per heavy atom. The maximum absolute atomic E-state index is 12.9. The summed E-state index contributed by atoms with van der Waals surface area (Å²) in [6.45, 7) is 2.81. The van der Waals surface area contributed by atoms with Gasteiger partial charge in [0.2, 0.25) is 0 Å². The molecule has 0 aromatic heterocycles. The van der Waals surface area contributed by atoms with Crippen LogP contribution >= 0.6 is 0 Å². The van der Waals surface area contributed by atoms with Crippen molar-refractivity contribution in [1.29, 1.82) is 0 Å². The van der Waals surface area contributed by atoms with Gasteiger partial charge in [-0.15, -0.1) is 0 Å². The summed E-state index contributed by atoms with van der Waals surface area (Å²) in [5, 5.41) is 0. The molecule has 0 N–H and O–H groups in total. The molecular formula is C9H14F6NOSn. The van der Waals surface area contributed by atoms with E-state index in [4.69, 9.17) is 0 Å². The van der Waals surface area contributed by atoms with Gasteiger partial charge in [-0.25, -0.2) is 0 Å². The van der Waals surface area contributed by atoms with Crippen LogP contribution in [0, 0.1) is 0 Å². The van der Waals surface area contributed by atoms with E-state index in [-0.39, 0.29) is 36.0 Å². The molecule has 0 aliphatic rings. The van der Waals surface area contributed by atoms with E-state index in [9.17, 15) is 26.3 Å². The number of hydrogen-bond donors (Lipinski definition) is 0. The predicted molar refractivity (Wildman–Crippen MR) is 54.1 cm³/mol. The molecule has 0 heterocycles. The summed E-state index contributed by atoms with van der Waals surface area (Å²) in [7, 11) is 0. The third-order valence-corrected chi connectivity index (χ3v) is 3.69. The van der Waals surface area contributed by atoms with Gasteiger partial charge in [-0.1, -0.05) is 0 Å². The van der Waals surface area contributed by atoms with Crippen LogP contribution in [0.15, 0.2) is 0 Å². The second kappa shape index (κ2) is 6.64. The fraction of sp³-hybridized carbons (Fsp3) is 1.00. The Morgan fingerprint density at radius 3 is 1.67 bits per heavy atom. The maximum atomic E-state index is 12.9. The normalized spacial score (nSPS) is 17.0. The summed E-state index contributed by atoms with van der Waals surface area (Å²) in [6.07, 6.45) is -12.0. The topological polar surface area (TPSA) is 12.5 Å². The molecule has 0 bridgehead atoms. The van der Waals surface area contributed by atoms with Gasteiger partial charge in [0.1, 0.15) is 0 Å². The van der Waals surface area contributed by atoms with Gasteiger partial charge in [-0.2, -0.15) is 0 Å². The first-order chi connectivity index (χ1) is 8.01. The molecule has 0 saturated carbocycles. The average Bonchev–Trinajstić information content (AvgIpc) is 2.20. The fourth-order valence-corrected chi connectivity index (χ4v) is 2.22. The average molecular weight is 385 g/mol. The van der Waals surface area contributed by atoms with Crippen LogP contribution in [-0.4, -0.2) is 65.4 Å². The SMILES string of the molecule is CCN(CC)CC(CC(F)(F)F)([O][Sn])C(F)(F)F. The molecule has 1 atom stereocenters. The quantitative estimate of drug-likeness (QED) is 0.515. The predicted octanol–water partition coefficient (Wildman–Crippen LogP) is 2.68. The molecular weight excluding hydrogens is 371 g/mol. The van der Waals surface area contributed by atoms with Crippen LogP contribution < -0.4 is 0 Å². The Kier molecular flexibility index (Phi) is 6.75. The van der Waals surface area contributed by atoms with E-state index in [1.165, 1.54) is 4.90 Å². The van der Waals surface area contributed by atoms with E-state index in [0.29, 0.717) is 0 Å². The van der Waals surface area contributed by atoms with Crippen LogP contribution in [-0.2, 0) is 3.07 Å². The van der Waals surface area contributed by atoms with E-state index in [0.717, 1.165) is 0 Å². The molecule has 0 aromatic rings. The molecule has 0 aliphatic heterocycles. The van der Waals surface area contributed by atoms with Gasteiger partial charge in [0.05, 0.1) is 0 Å². The van der Waals surface area contributed by atoms with E-state index in [1.54, 1.807) is 13.8 Å². The Hall–Kier alpha value is 0.299. The summed E-state index contributed by atoms with van der Waals surface area (Å²) >= 11 is -0.0387. The van der Waals surface area contributed by atoms with Crippen LogP contribution in [0.5, 0.6) is 0 Å². The Balaban J connectivity index is 5.24. The van der Waals surface area contributed by atoms with E-state index in [2.05, 4.69) is 3.07 Å². The molecule has 18 heavy (non-hydrogen) atoms. The van der Waals surface area contributed by atoms with Gasteiger partial charge < -0.3 is 0 Å². The Labute approximate surface area is 115 Å². The molecule has 2 nitrogen and oxygen atoms in total. The van der Waals surface area contributed by atoms with Crippen molar-refractivity contribution in [3.05, 3.63) is 0 Å². The molecule has 9 heteroatoms. The fourth-order valence-electron chi connectivity index (χ4n) is 1.50. The molecule has 107 valence electrons. The molecule has 3 radical (unpaired) electrons. The van der Waals surface area contributed by atoms with E-state index < -0.39 is 30.9 Å². The van der Waals surface area contributed by atoms with Gasteiger partial charge >= 0.3 is 115 Å². The first kappa shape index (κ1) is 18.3. The zero-order valence-electron chi connectivity index (χ0n) is 9.95. The van der Waals surface area contributed by atoms with Crippen molar-refractivity contribution in [1.82, 2.24) is 4.90 Å². The molecule has 0 saturated heterocycles. The Morgan fingerprint density at radius 2 is 1.44 bits per heavy atom. The second-order valence-corrected chi connectivity index (χ2v) is 4.43. The van der Waals surface area contributed by atoms with Crippen molar-refractivity contribution in [2.24, 2.45) is 0 Å². The van der Waals surface area contributed by atoms with Crippen LogP contribution in [0.2, 0.25) is 0 Å². The molecule has 0 aliphatic carbocycles. The van der Waals surface area contributed by atoms with Crippen molar-refractivity contribution < 1.29 is 29.4 Å². The zero-order chi connectivity index (χ0) is 14.6. The molecule has 0 aromatic carbocycles. The summed E-state index contributed by atoms with van der Waals surface area (Å²) in [4.78, 5) is 1.27. The van der Waals surface area contributed by atoms with Gasteiger partial charge in [0.25, 0.3) is 0 Å². The van der Waals surface area contributed by atoms with E-state index in [1.807, 2.05) is 0 Å². The monoisotopic (exact) mass is 386 g/mol. The van der Waals surface area contributed by atoms with Gasteiger partial charge in [-0.05, 0) is 0 Å². The van der Waals surface area contributed by atoms with Crippen LogP contribution in [0.25, 0.3) is 0 Å². The number of likely N-dealkylation sites (N-methyl/N-ethyl adjacent to an activating group) is 1. The molecule has 0 amide bonds. The van der Waals surface area contributed by atoms with Crippen molar-refractivity contribution >= 4 is 22.9 Å². The van der Waals surface area contributed by atoms with Crippen molar-refractivity contribution in [2.45, 2.75) is 38.2 Å². The van der Waals surface area contributed by atoms with Crippen molar-refractivity contribution in [3.63, 3.8) is 0 Å². The standard InChI is InChI=1S/C9H14F6NO.Sn/c1-3-16(4-2)6-7(17,9(13,14)15)5-8(10,11)12;/h3-6H2,1-2H3;/q-1;+1. The van der Waals surface area contributed by atoms with E-state index >= 15 is 0 Å². The number of hydrogen-bond acceptors (Lipinski definition) is 2. The summed E-state index contributed by atoms with van der Waals surface area (Å²) in [5.74, 6) is 0. The Bertz CT molecular complexity index is 252. The van der Waals surface area contributed by atoms with Crippen LogP contribution in [0.3, 0.4) is 0 Å². The summed E-state index contributed by atoms with van der Waals surface area (Å²) in [5.41, 5.74) is -3.17. The second-order valence-electron chi connectivity index (χ2n) is 3.85. The van der Waals surface area contributed by atoms with Gasteiger partial charge in [-0.3, -0.25) is 0 Å². The number of rotatable bonds is 6. The molecule has 0 spiro atoms. The van der Waals surface area contributed by atoms with Crippen molar-refractivity contribution in [2.75, 3.05) is 19.6 Å². The van der Waals surface area contributed by atoms with Crippen LogP contribution in [0.4, 0.5) is 26.3 Å². The first-order valence-corrected chi connectivity index (χ1v) is 6.38. The van der Waals surface area contributed by atoms with Crippen LogP contribution in [0.1, 0.15) is 20.3 Å². The number of halogens is 6. The minimum atomic E-state index is -5.06. The molecule has 0 fully saturated rings. The van der Waals surface area contributed by atoms with Gasteiger partial charge in [0, 0.05) is 0 Å². The van der Waals surface area contributed by atoms with Crippen molar-refractivity contribution in [3.8, 4) is 0 Å².